The molecule has 5 nitrogen and oxygen atoms in total. The van der Waals surface area contributed by atoms with Crippen molar-refractivity contribution < 1.29 is 8.42 Å². The standard InChI is InChI=1S/C14H23N3O2S.HI/c1-15-14(16-10-6-12-20(2,18)19)17-11-9-13-7-4-3-5-8-13;/h3-5,7-8H,6,9-12H2,1-2H3,(H2,15,16,17);1H. The Hall–Kier alpha value is -0.830. The molecule has 0 saturated heterocycles. The molecule has 0 atom stereocenters. The Balaban J connectivity index is 0.00000400. The first kappa shape index (κ1) is 20.2. The predicted molar refractivity (Wildman–Crippen MR) is 99.3 cm³/mol. The Kier molecular flexibility index (Phi) is 10.4. The van der Waals surface area contributed by atoms with E-state index in [4.69, 9.17) is 0 Å². The number of aliphatic imine (C=N–C) groups is 1. The number of hydrogen-bond donors (Lipinski definition) is 2. The summed E-state index contributed by atoms with van der Waals surface area (Å²) in [6.07, 6.45) is 2.75. The average molecular weight is 425 g/mol. The van der Waals surface area contributed by atoms with E-state index in [1.54, 1.807) is 7.05 Å². The summed E-state index contributed by atoms with van der Waals surface area (Å²) in [4.78, 5) is 4.10. The van der Waals surface area contributed by atoms with E-state index in [1.165, 1.54) is 11.8 Å². The summed E-state index contributed by atoms with van der Waals surface area (Å²) in [6.45, 7) is 1.38. The summed E-state index contributed by atoms with van der Waals surface area (Å²) in [7, 11) is -1.18. The number of rotatable bonds is 7. The molecule has 0 aliphatic heterocycles. The fourth-order valence-electron chi connectivity index (χ4n) is 1.73. The fourth-order valence-corrected chi connectivity index (χ4v) is 2.40. The molecule has 0 saturated carbocycles. The predicted octanol–water partition coefficient (Wildman–Crippen LogP) is 1.45. The molecule has 120 valence electrons. The van der Waals surface area contributed by atoms with E-state index < -0.39 is 9.84 Å². The molecule has 2 N–H and O–H groups in total. The van der Waals surface area contributed by atoms with Crippen molar-refractivity contribution in [1.82, 2.24) is 10.6 Å². The first-order valence-corrected chi connectivity index (χ1v) is 8.73. The van der Waals surface area contributed by atoms with Gasteiger partial charge in [0.2, 0.25) is 0 Å². The van der Waals surface area contributed by atoms with Crippen molar-refractivity contribution in [3.63, 3.8) is 0 Å². The fraction of sp³-hybridized carbons (Fsp3) is 0.500. The second kappa shape index (κ2) is 10.8. The summed E-state index contributed by atoms with van der Waals surface area (Å²) >= 11 is 0. The lowest BCUT2D eigenvalue weighted by molar-refractivity contribution is 0.598. The van der Waals surface area contributed by atoms with Crippen LogP contribution in [0.1, 0.15) is 12.0 Å². The molecule has 7 heteroatoms. The van der Waals surface area contributed by atoms with Crippen LogP contribution in [0.2, 0.25) is 0 Å². The molecule has 0 aliphatic rings. The molecule has 21 heavy (non-hydrogen) atoms. The van der Waals surface area contributed by atoms with Crippen LogP contribution in [0.5, 0.6) is 0 Å². The molecular formula is C14H24IN3O2S. The van der Waals surface area contributed by atoms with E-state index in [9.17, 15) is 8.42 Å². The first-order valence-electron chi connectivity index (χ1n) is 6.67. The third-order valence-electron chi connectivity index (χ3n) is 2.76. The number of hydrogen-bond acceptors (Lipinski definition) is 3. The van der Waals surface area contributed by atoms with Crippen molar-refractivity contribution in [3.05, 3.63) is 35.9 Å². The van der Waals surface area contributed by atoms with Crippen LogP contribution in [0.15, 0.2) is 35.3 Å². The maximum absolute atomic E-state index is 11.0. The van der Waals surface area contributed by atoms with Gasteiger partial charge in [-0.25, -0.2) is 8.42 Å². The Morgan fingerprint density at radius 1 is 1.14 bits per heavy atom. The van der Waals surface area contributed by atoms with Crippen LogP contribution < -0.4 is 10.6 Å². The smallest absolute Gasteiger partial charge is 0.190 e. The van der Waals surface area contributed by atoms with E-state index in [1.807, 2.05) is 18.2 Å². The Morgan fingerprint density at radius 3 is 2.33 bits per heavy atom. The van der Waals surface area contributed by atoms with Crippen LogP contribution in [0.3, 0.4) is 0 Å². The van der Waals surface area contributed by atoms with Gasteiger partial charge in [-0.15, -0.1) is 24.0 Å². The van der Waals surface area contributed by atoms with Crippen LogP contribution in [-0.2, 0) is 16.3 Å². The van der Waals surface area contributed by atoms with Crippen LogP contribution in [0.4, 0.5) is 0 Å². The molecule has 1 rings (SSSR count). The highest BCUT2D eigenvalue weighted by atomic mass is 127. The molecule has 0 spiro atoms. The molecule has 1 aromatic carbocycles. The quantitative estimate of drug-likeness (QED) is 0.300. The molecular weight excluding hydrogens is 401 g/mol. The normalized spacial score (nSPS) is 11.6. The summed E-state index contributed by atoms with van der Waals surface area (Å²) in [5.74, 6) is 0.899. The van der Waals surface area contributed by atoms with Gasteiger partial charge in [-0.3, -0.25) is 4.99 Å². The topological polar surface area (TPSA) is 70.6 Å². The van der Waals surface area contributed by atoms with Crippen molar-refractivity contribution in [3.8, 4) is 0 Å². The van der Waals surface area contributed by atoms with E-state index in [0.29, 0.717) is 18.9 Å². The molecule has 0 heterocycles. The van der Waals surface area contributed by atoms with Gasteiger partial charge in [0.15, 0.2) is 5.96 Å². The third-order valence-corrected chi connectivity index (χ3v) is 3.79. The SMILES string of the molecule is CN=C(NCCCS(C)(=O)=O)NCCc1ccccc1.I. The summed E-state index contributed by atoms with van der Waals surface area (Å²) in [5.41, 5.74) is 1.27. The van der Waals surface area contributed by atoms with Crippen LogP contribution in [0.25, 0.3) is 0 Å². The van der Waals surface area contributed by atoms with Gasteiger partial charge in [0, 0.05) is 26.4 Å². The minimum Gasteiger partial charge on any atom is -0.356 e. The third kappa shape index (κ3) is 10.5. The Morgan fingerprint density at radius 2 is 1.76 bits per heavy atom. The van der Waals surface area contributed by atoms with Crippen LogP contribution in [-0.4, -0.2) is 46.5 Å². The molecule has 0 unspecified atom stereocenters. The maximum Gasteiger partial charge on any atom is 0.190 e. The van der Waals surface area contributed by atoms with Gasteiger partial charge in [0.05, 0.1) is 5.75 Å². The monoisotopic (exact) mass is 425 g/mol. The van der Waals surface area contributed by atoms with E-state index in [-0.39, 0.29) is 29.7 Å². The highest BCUT2D eigenvalue weighted by Gasteiger charge is 2.02. The Bertz CT molecular complexity index is 518. The van der Waals surface area contributed by atoms with E-state index in [0.717, 1.165) is 13.0 Å². The van der Waals surface area contributed by atoms with Gasteiger partial charge in [-0.1, -0.05) is 30.3 Å². The zero-order valence-electron chi connectivity index (χ0n) is 12.5. The van der Waals surface area contributed by atoms with Crippen LogP contribution >= 0.6 is 24.0 Å². The molecule has 0 aliphatic carbocycles. The lowest BCUT2D eigenvalue weighted by atomic mass is 10.1. The van der Waals surface area contributed by atoms with Crippen LogP contribution in [0, 0.1) is 0 Å². The van der Waals surface area contributed by atoms with Gasteiger partial charge in [-0.2, -0.15) is 0 Å². The van der Waals surface area contributed by atoms with Crippen molar-refractivity contribution in [2.45, 2.75) is 12.8 Å². The first-order chi connectivity index (χ1) is 9.51. The maximum atomic E-state index is 11.0. The summed E-state index contributed by atoms with van der Waals surface area (Å²) in [5, 5.41) is 6.31. The largest absolute Gasteiger partial charge is 0.356 e. The van der Waals surface area contributed by atoms with Gasteiger partial charge in [0.25, 0.3) is 0 Å². The van der Waals surface area contributed by atoms with Crippen molar-refractivity contribution >= 4 is 39.8 Å². The lowest BCUT2D eigenvalue weighted by Crippen LogP contribution is -2.39. The second-order valence-corrected chi connectivity index (χ2v) is 6.90. The molecule has 0 fully saturated rings. The zero-order chi connectivity index (χ0) is 14.8. The molecule has 0 amide bonds. The molecule has 0 aromatic heterocycles. The minimum absolute atomic E-state index is 0. The minimum atomic E-state index is -2.88. The number of nitrogens with zero attached hydrogens (tertiary/aromatic N) is 1. The van der Waals surface area contributed by atoms with Gasteiger partial charge < -0.3 is 10.6 Å². The highest BCUT2D eigenvalue weighted by Crippen LogP contribution is 1.97. The lowest BCUT2D eigenvalue weighted by Gasteiger charge is -2.11. The highest BCUT2D eigenvalue weighted by molar-refractivity contribution is 14.0. The Labute approximate surface area is 144 Å². The summed E-state index contributed by atoms with van der Waals surface area (Å²) < 4.78 is 22.0. The number of guanidine groups is 1. The van der Waals surface area contributed by atoms with Gasteiger partial charge >= 0.3 is 0 Å². The zero-order valence-corrected chi connectivity index (χ0v) is 15.6. The van der Waals surface area contributed by atoms with E-state index >= 15 is 0 Å². The van der Waals surface area contributed by atoms with Crippen molar-refractivity contribution in [2.24, 2.45) is 4.99 Å². The molecule has 0 radical (unpaired) electrons. The van der Waals surface area contributed by atoms with Crippen molar-refractivity contribution in [2.75, 3.05) is 32.1 Å². The molecule has 0 bridgehead atoms. The van der Waals surface area contributed by atoms with Gasteiger partial charge in [0.1, 0.15) is 9.84 Å². The number of nitrogens with one attached hydrogen (secondary N) is 2. The molecule has 1 aromatic rings. The average Bonchev–Trinajstić information content (AvgIpc) is 2.41. The number of benzene rings is 1. The number of sulfone groups is 1. The number of halogens is 1. The van der Waals surface area contributed by atoms with Gasteiger partial charge in [-0.05, 0) is 18.4 Å². The van der Waals surface area contributed by atoms with Crippen molar-refractivity contribution in [1.29, 1.82) is 0 Å². The van der Waals surface area contributed by atoms with E-state index in [2.05, 4.69) is 27.8 Å². The summed E-state index contributed by atoms with van der Waals surface area (Å²) in [6, 6.07) is 10.2. The second-order valence-electron chi connectivity index (χ2n) is 4.64.